The average molecular weight is 270 g/mol. The second-order valence-corrected chi connectivity index (χ2v) is 4.55. The number of rotatable bonds is 7. The molecule has 0 aliphatic carbocycles. The minimum Gasteiger partial charge on any atom is -0.466 e. The summed E-state index contributed by atoms with van der Waals surface area (Å²) in [5.74, 6) is -0.702. The molecular formula is C13H22N2O4. The van der Waals surface area contributed by atoms with Crippen LogP contribution >= 0.6 is 0 Å². The maximum Gasteiger partial charge on any atom is 0.330 e. The van der Waals surface area contributed by atoms with Crippen molar-refractivity contribution in [2.75, 3.05) is 13.7 Å². The van der Waals surface area contributed by atoms with Gasteiger partial charge in [-0.2, -0.15) is 0 Å². The molecule has 2 N–H and O–H groups in total. The number of carbonyl (C=O) groups excluding carboxylic acids is 3. The van der Waals surface area contributed by atoms with E-state index in [1.54, 1.807) is 0 Å². The zero-order chi connectivity index (χ0) is 14.8. The van der Waals surface area contributed by atoms with Gasteiger partial charge in [-0.15, -0.1) is 0 Å². The summed E-state index contributed by atoms with van der Waals surface area (Å²) in [5.41, 5.74) is 0. The number of amides is 2. The van der Waals surface area contributed by atoms with Crippen LogP contribution in [0.3, 0.4) is 0 Å². The Morgan fingerprint density at radius 1 is 1.26 bits per heavy atom. The molecule has 0 aromatic heterocycles. The molecule has 6 heteroatoms. The topological polar surface area (TPSA) is 84.5 Å². The fourth-order valence-corrected chi connectivity index (χ4v) is 1.45. The Kier molecular flexibility index (Phi) is 8.24. The molecule has 0 aliphatic rings. The van der Waals surface area contributed by atoms with E-state index in [-0.39, 0.29) is 24.3 Å². The summed E-state index contributed by atoms with van der Waals surface area (Å²) >= 11 is 0. The Balaban J connectivity index is 4.28. The first kappa shape index (κ1) is 17.2. The van der Waals surface area contributed by atoms with Crippen LogP contribution in [0, 0.1) is 5.92 Å². The van der Waals surface area contributed by atoms with E-state index in [1.165, 1.54) is 26.2 Å². The van der Waals surface area contributed by atoms with Crippen LogP contribution in [-0.2, 0) is 19.1 Å². The van der Waals surface area contributed by atoms with Gasteiger partial charge in [0.25, 0.3) is 0 Å². The van der Waals surface area contributed by atoms with Gasteiger partial charge in [0, 0.05) is 19.5 Å². The molecule has 19 heavy (non-hydrogen) atoms. The third kappa shape index (κ3) is 8.82. The largest absolute Gasteiger partial charge is 0.466 e. The molecule has 0 heterocycles. The predicted octanol–water partition coefficient (Wildman–Crippen LogP) is 0.383. The van der Waals surface area contributed by atoms with Crippen molar-refractivity contribution in [2.24, 2.45) is 5.92 Å². The van der Waals surface area contributed by atoms with Gasteiger partial charge in [0.15, 0.2) is 0 Å². The molecule has 6 nitrogen and oxygen atoms in total. The van der Waals surface area contributed by atoms with E-state index in [1.807, 2.05) is 13.8 Å². The summed E-state index contributed by atoms with van der Waals surface area (Å²) in [7, 11) is 1.28. The first-order valence-electron chi connectivity index (χ1n) is 6.16. The van der Waals surface area contributed by atoms with Crippen LogP contribution in [0.5, 0.6) is 0 Å². The van der Waals surface area contributed by atoms with Gasteiger partial charge >= 0.3 is 5.97 Å². The smallest absolute Gasteiger partial charge is 0.330 e. The minimum absolute atomic E-state index is 0.210. The summed E-state index contributed by atoms with van der Waals surface area (Å²) in [5, 5.41) is 5.23. The molecule has 0 unspecified atom stereocenters. The van der Waals surface area contributed by atoms with E-state index in [0.29, 0.717) is 6.42 Å². The van der Waals surface area contributed by atoms with Crippen LogP contribution < -0.4 is 10.6 Å². The van der Waals surface area contributed by atoms with Gasteiger partial charge in [0.05, 0.1) is 7.11 Å². The maximum atomic E-state index is 11.9. The fourth-order valence-electron chi connectivity index (χ4n) is 1.45. The van der Waals surface area contributed by atoms with E-state index in [4.69, 9.17) is 0 Å². The molecule has 0 spiro atoms. The van der Waals surface area contributed by atoms with Crippen molar-refractivity contribution in [2.45, 2.75) is 33.2 Å². The number of methoxy groups -OCH3 is 1. The van der Waals surface area contributed by atoms with Gasteiger partial charge in [-0.05, 0) is 12.3 Å². The van der Waals surface area contributed by atoms with Crippen LogP contribution in [0.4, 0.5) is 0 Å². The summed E-state index contributed by atoms with van der Waals surface area (Å²) in [4.78, 5) is 33.7. The van der Waals surface area contributed by atoms with Gasteiger partial charge in [-0.1, -0.05) is 19.9 Å². The second-order valence-electron chi connectivity index (χ2n) is 4.55. The second kappa shape index (κ2) is 9.13. The molecule has 108 valence electrons. The lowest BCUT2D eigenvalue weighted by atomic mass is 10.0. The molecule has 0 fully saturated rings. The first-order valence-corrected chi connectivity index (χ1v) is 6.16. The fraction of sp³-hybridized carbons (Fsp3) is 0.615. The molecule has 0 rings (SSSR count). The first-order chi connectivity index (χ1) is 8.86. The molecule has 0 aliphatic heterocycles. The maximum absolute atomic E-state index is 11.9. The molecule has 2 amide bonds. The lowest BCUT2D eigenvalue weighted by Gasteiger charge is -2.18. The minimum atomic E-state index is -0.552. The number of hydrogen-bond acceptors (Lipinski definition) is 4. The molecule has 0 aromatic carbocycles. The Bertz CT molecular complexity index is 351. The summed E-state index contributed by atoms with van der Waals surface area (Å²) in [6, 6.07) is -0.552. The van der Waals surface area contributed by atoms with Crippen molar-refractivity contribution in [3.05, 3.63) is 12.2 Å². The molecule has 0 bridgehead atoms. The Morgan fingerprint density at radius 3 is 2.37 bits per heavy atom. The van der Waals surface area contributed by atoms with Crippen LogP contribution in [0.25, 0.3) is 0 Å². The zero-order valence-electron chi connectivity index (χ0n) is 11.9. The van der Waals surface area contributed by atoms with Crippen molar-refractivity contribution >= 4 is 17.8 Å². The highest BCUT2D eigenvalue weighted by molar-refractivity contribution is 5.87. The van der Waals surface area contributed by atoms with Crippen molar-refractivity contribution in [3.63, 3.8) is 0 Å². The van der Waals surface area contributed by atoms with Crippen LogP contribution in [0.1, 0.15) is 27.2 Å². The average Bonchev–Trinajstić information content (AvgIpc) is 2.31. The monoisotopic (exact) mass is 270 g/mol. The van der Waals surface area contributed by atoms with Gasteiger partial charge in [0.1, 0.15) is 6.04 Å². The normalized spacial score (nSPS) is 12.3. The number of hydrogen-bond donors (Lipinski definition) is 2. The third-order valence-corrected chi connectivity index (χ3v) is 2.25. The van der Waals surface area contributed by atoms with E-state index in [2.05, 4.69) is 15.4 Å². The van der Waals surface area contributed by atoms with E-state index in [9.17, 15) is 14.4 Å². The molecular weight excluding hydrogens is 248 g/mol. The van der Waals surface area contributed by atoms with Gasteiger partial charge < -0.3 is 15.4 Å². The van der Waals surface area contributed by atoms with Gasteiger partial charge in [0.2, 0.25) is 11.8 Å². The zero-order valence-corrected chi connectivity index (χ0v) is 11.9. The van der Waals surface area contributed by atoms with Crippen LogP contribution in [0.2, 0.25) is 0 Å². The highest BCUT2D eigenvalue weighted by atomic mass is 16.5. The summed E-state index contributed by atoms with van der Waals surface area (Å²) in [6.45, 7) is 5.53. The number of nitrogens with one attached hydrogen (secondary N) is 2. The number of carbonyl (C=O) groups is 3. The molecule has 0 saturated carbocycles. The summed E-state index contributed by atoms with van der Waals surface area (Å²) in [6.07, 6.45) is 3.28. The van der Waals surface area contributed by atoms with E-state index >= 15 is 0 Å². The highest BCUT2D eigenvalue weighted by Crippen LogP contribution is 2.04. The van der Waals surface area contributed by atoms with Crippen molar-refractivity contribution in [1.82, 2.24) is 10.6 Å². The van der Waals surface area contributed by atoms with Crippen LogP contribution in [0.15, 0.2) is 12.2 Å². The lowest BCUT2D eigenvalue weighted by molar-refractivity contribution is -0.134. The quantitative estimate of drug-likeness (QED) is 0.517. The predicted molar refractivity (Wildman–Crippen MR) is 71.2 cm³/mol. The summed E-state index contributed by atoms with van der Waals surface area (Å²) < 4.78 is 4.41. The molecule has 1 atom stereocenters. The number of ether oxygens (including phenoxy) is 1. The molecule has 0 aromatic rings. The van der Waals surface area contributed by atoms with E-state index < -0.39 is 12.0 Å². The van der Waals surface area contributed by atoms with Gasteiger partial charge in [-0.3, -0.25) is 9.59 Å². The van der Waals surface area contributed by atoms with Crippen molar-refractivity contribution in [1.29, 1.82) is 0 Å². The molecule has 0 radical (unpaired) electrons. The molecule has 0 saturated heterocycles. The Labute approximate surface area is 113 Å². The highest BCUT2D eigenvalue weighted by Gasteiger charge is 2.19. The van der Waals surface area contributed by atoms with E-state index in [0.717, 1.165) is 0 Å². The number of esters is 1. The van der Waals surface area contributed by atoms with Gasteiger partial charge in [-0.25, -0.2) is 4.79 Å². The van der Waals surface area contributed by atoms with Crippen molar-refractivity contribution in [3.8, 4) is 0 Å². The lowest BCUT2D eigenvalue weighted by Crippen LogP contribution is -2.46. The van der Waals surface area contributed by atoms with Crippen molar-refractivity contribution < 1.29 is 19.1 Å². The third-order valence-electron chi connectivity index (χ3n) is 2.25. The SMILES string of the molecule is COC(=O)/C=C/CNC(=O)[C@@H](CC(C)C)NC(C)=O. The van der Waals surface area contributed by atoms with Crippen LogP contribution in [-0.4, -0.2) is 37.5 Å². The Morgan fingerprint density at radius 2 is 1.89 bits per heavy atom. The Hall–Kier alpha value is -1.85. The standard InChI is InChI=1S/C13H22N2O4/c1-9(2)8-11(15-10(3)16)13(18)14-7-5-6-12(17)19-4/h5-6,9,11H,7-8H2,1-4H3,(H,14,18)(H,15,16)/b6-5+/t11-/m1/s1.